The molecule has 0 heterocycles. The summed E-state index contributed by atoms with van der Waals surface area (Å²) in [6.45, 7) is 5.36. The summed E-state index contributed by atoms with van der Waals surface area (Å²) in [5.74, 6) is -1.11. The molecule has 0 aliphatic heterocycles. The molecule has 5 nitrogen and oxygen atoms in total. The molecule has 0 saturated heterocycles. The summed E-state index contributed by atoms with van der Waals surface area (Å²) in [4.78, 5) is 20.0. The Bertz CT molecular complexity index is 268. The second-order valence-corrected chi connectivity index (χ2v) is 3.13. The zero-order valence-electron chi connectivity index (χ0n) is 10.1. The minimum atomic E-state index is -0.981. The summed E-state index contributed by atoms with van der Waals surface area (Å²) in [7, 11) is 0. The highest BCUT2D eigenvalue weighted by molar-refractivity contribution is 5.78. The molecule has 0 aliphatic carbocycles. The molecule has 0 unspecified atom stereocenters. The van der Waals surface area contributed by atoms with Gasteiger partial charge in [0.05, 0.1) is 12.7 Å². The van der Waals surface area contributed by atoms with Crippen molar-refractivity contribution >= 4 is 11.9 Å². The van der Waals surface area contributed by atoms with E-state index < -0.39 is 5.97 Å². The molecule has 0 aromatic heterocycles. The van der Waals surface area contributed by atoms with E-state index in [1.54, 1.807) is 0 Å². The van der Waals surface area contributed by atoms with Gasteiger partial charge in [0.1, 0.15) is 0 Å². The van der Waals surface area contributed by atoms with Gasteiger partial charge in [0.2, 0.25) is 0 Å². The van der Waals surface area contributed by atoms with Crippen LogP contribution < -0.4 is 0 Å². The normalized spacial score (nSPS) is 8.24. The fourth-order valence-corrected chi connectivity index (χ4v) is 0.768. The lowest BCUT2D eigenvalue weighted by Gasteiger charge is -2.01. The summed E-state index contributed by atoms with van der Waals surface area (Å²) in [5.41, 5.74) is 0. The van der Waals surface area contributed by atoms with Gasteiger partial charge in [0, 0.05) is 18.9 Å². The van der Waals surface area contributed by atoms with Gasteiger partial charge in [0.15, 0.2) is 0 Å². The molecule has 0 aromatic rings. The molecule has 0 amide bonds. The zero-order chi connectivity index (χ0) is 13.5. The van der Waals surface area contributed by atoms with Crippen molar-refractivity contribution in [1.82, 2.24) is 0 Å². The van der Waals surface area contributed by atoms with E-state index in [2.05, 4.69) is 6.58 Å². The Labute approximate surface area is 102 Å². The average Bonchev–Trinajstić information content (AvgIpc) is 2.30. The van der Waals surface area contributed by atoms with E-state index in [4.69, 9.17) is 15.1 Å². The van der Waals surface area contributed by atoms with Crippen LogP contribution in [0.2, 0.25) is 0 Å². The first kappa shape index (κ1) is 17.6. The maximum atomic E-state index is 10.8. The Hall–Kier alpha value is -1.83. The van der Waals surface area contributed by atoms with Crippen LogP contribution in [0.4, 0.5) is 0 Å². The highest BCUT2D eigenvalue weighted by Gasteiger charge is 1.98. The molecule has 0 saturated carbocycles. The molecule has 17 heavy (non-hydrogen) atoms. The van der Waals surface area contributed by atoms with E-state index in [1.165, 1.54) is 0 Å². The minimum absolute atomic E-state index is 0.130. The van der Waals surface area contributed by atoms with Gasteiger partial charge in [-0.25, -0.2) is 4.79 Å². The quantitative estimate of drug-likeness (QED) is 0.419. The third-order valence-corrected chi connectivity index (χ3v) is 1.57. The van der Waals surface area contributed by atoms with Gasteiger partial charge < -0.3 is 9.84 Å². The van der Waals surface area contributed by atoms with Crippen LogP contribution in [0.25, 0.3) is 0 Å². The molecular formula is C12H19NO4. The molecular weight excluding hydrogens is 222 g/mol. The van der Waals surface area contributed by atoms with Crippen LogP contribution in [0.3, 0.4) is 0 Å². The highest BCUT2D eigenvalue weighted by atomic mass is 16.5. The van der Waals surface area contributed by atoms with Gasteiger partial charge in [-0.3, -0.25) is 4.79 Å². The molecule has 0 fully saturated rings. The number of aliphatic carboxylic acids is 1. The number of nitrogens with zero attached hydrogens (tertiary/aromatic N) is 1. The number of ether oxygens (including phenoxy) is 1. The lowest BCUT2D eigenvalue weighted by atomic mass is 10.2. The molecule has 0 radical (unpaired) electrons. The SMILES string of the molecule is C=CC(=O)O.CCCC(=O)OCCCCC#N. The van der Waals surface area contributed by atoms with Crippen LogP contribution >= 0.6 is 0 Å². The molecule has 0 bridgehead atoms. The molecule has 5 heteroatoms. The first-order valence-corrected chi connectivity index (χ1v) is 5.46. The molecule has 96 valence electrons. The number of carbonyl (C=O) groups excluding carboxylic acids is 1. The van der Waals surface area contributed by atoms with Gasteiger partial charge in [0.25, 0.3) is 0 Å². The van der Waals surface area contributed by atoms with E-state index in [0.717, 1.165) is 25.3 Å². The fraction of sp³-hybridized carbons (Fsp3) is 0.583. The van der Waals surface area contributed by atoms with Crippen LogP contribution in [0.5, 0.6) is 0 Å². The van der Waals surface area contributed by atoms with E-state index in [-0.39, 0.29) is 5.97 Å². The van der Waals surface area contributed by atoms with Crippen LogP contribution in [0, 0.1) is 11.3 Å². The van der Waals surface area contributed by atoms with Crippen LogP contribution in [0.1, 0.15) is 39.0 Å². The third kappa shape index (κ3) is 20.3. The summed E-state index contributed by atoms with van der Waals surface area (Å²) < 4.78 is 4.88. The summed E-state index contributed by atoms with van der Waals surface area (Å²) in [6, 6.07) is 2.04. The second kappa shape index (κ2) is 14.2. The molecule has 0 spiro atoms. The number of unbranched alkanes of at least 4 members (excludes halogenated alkanes) is 2. The van der Waals surface area contributed by atoms with E-state index >= 15 is 0 Å². The monoisotopic (exact) mass is 241 g/mol. The Balaban J connectivity index is 0. The molecule has 0 aromatic carbocycles. The van der Waals surface area contributed by atoms with Gasteiger partial charge in [-0.15, -0.1) is 0 Å². The minimum Gasteiger partial charge on any atom is -0.478 e. The van der Waals surface area contributed by atoms with Crippen molar-refractivity contribution < 1.29 is 19.4 Å². The van der Waals surface area contributed by atoms with Crippen molar-refractivity contribution in [3.05, 3.63) is 12.7 Å². The third-order valence-electron chi connectivity index (χ3n) is 1.57. The number of hydrogen-bond donors (Lipinski definition) is 1. The standard InChI is InChI=1S/C9H15NO2.C3H4O2/c1-2-6-9(11)12-8-5-3-4-7-10;1-2-3(4)5/h2-6,8H2,1H3;2H,1H2,(H,4,5). The van der Waals surface area contributed by atoms with Gasteiger partial charge in [-0.05, 0) is 19.3 Å². The predicted octanol–water partition coefficient (Wildman–Crippen LogP) is 2.28. The average molecular weight is 241 g/mol. The first-order chi connectivity index (χ1) is 8.08. The van der Waals surface area contributed by atoms with Crippen molar-refractivity contribution in [3.63, 3.8) is 0 Å². The predicted molar refractivity (Wildman–Crippen MR) is 63.2 cm³/mol. The zero-order valence-corrected chi connectivity index (χ0v) is 10.1. The van der Waals surface area contributed by atoms with Crippen molar-refractivity contribution in [3.8, 4) is 6.07 Å². The largest absolute Gasteiger partial charge is 0.478 e. The highest BCUT2D eigenvalue weighted by Crippen LogP contribution is 1.97. The number of hydrogen-bond acceptors (Lipinski definition) is 4. The Morgan fingerprint density at radius 3 is 2.47 bits per heavy atom. The van der Waals surface area contributed by atoms with Crippen LogP contribution in [-0.4, -0.2) is 23.7 Å². The van der Waals surface area contributed by atoms with Crippen LogP contribution in [-0.2, 0) is 14.3 Å². The summed E-state index contributed by atoms with van der Waals surface area (Å²) in [6.07, 6.45) is 4.32. The van der Waals surface area contributed by atoms with Crippen molar-refractivity contribution in [1.29, 1.82) is 5.26 Å². The lowest BCUT2D eigenvalue weighted by Crippen LogP contribution is -2.04. The van der Waals surface area contributed by atoms with Gasteiger partial charge >= 0.3 is 11.9 Å². The smallest absolute Gasteiger partial charge is 0.327 e. The fourth-order valence-electron chi connectivity index (χ4n) is 0.768. The van der Waals surface area contributed by atoms with Crippen LogP contribution in [0.15, 0.2) is 12.7 Å². The summed E-state index contributed by atoms with van der Waals surface area (Å²) >= 11 is 0. The molecule has 0 rings (SSSR count). The van der Waals surface area contributed by atoms with Crippen molar-refractivity contribution in [2.45, 2.75) is 39.0 Å². The molecule has 1 N–H and O–H groups in total. The lowest BCUT2D eigenvalue weighted by molar-refractivity contribution is -0.143. The number of carboxylic acids is 1. The van der Waals surface area contributed by atoms with E-state index in [1.807, 2.05) is 13.0 Å². The van der Waals surface area contributed by atoms with Crippen molar-refractivity contribution in [2.75, 3.05) is 6.61 Å². The molecule has 0 aliphatic rings. The summed E-state index contributed by atoms with van der Waals surface area (Å²) in [5, 5.41) is 15.8. The Morgan fingerprint density at radius 2 is 2.06 bits per heavy atom. The number of carboxylic acid groups (broad SMARTS) is 1. The van der Waals surface area contributed by atoms with E-state index in [0.29, 0.717) is 19.4 Å². The van der Waals surface area contributed by atoms with Crippen molar-refractivity contribution in [2.24, 2.45) is 0 Å². The van der Waals surface area contributed by atoms with E-state index in [9.17, 15) is 9.59 Å². The maximum Gasteiger partial charge on any atom is 0.327 e. The van der Waals surface area contributed by atoms with Gasteiger partial charge in [-0.2, -0.15) is 5.26 Å². The Morgan fingerprint density at radius 1 is 1.47 bits per heavy atom. The second-order valence-electron chi connectivity index (χ2n) is 3.13. The number of carbonyl (C=O) groups is 2. The van der Waals surface area contributed by atoms with Gasteiger partial charge in [-0.1, -0.05) is 13.5 Å². The number of rotatable bonds is 7. The number of nitriles is 1. The first-order valence-electron chi connectivity index (χ1n) is 5.46. The topological polar surface area (TPSA) is 87.4 Å². The Kier molecular flexibility index (Phi) is 14.6. The maximum absolute atomic E-state index is 10.8. The molecule has 0 atom stereocenters. The number of esters is 1.